The summed E-state index contributed by atoms with van der Waals surface area (Å²) >= 11 is 0. The van der Waals surface area contributed by atoms with E-state index in [4.69, 9.17) is 0 Å². The van der Waals surface area contributed by atoms with Crippen LogP contribution in [0, 0.1) is 12.8 Å². The summed E-state index contributed by atoms with van der Waals surface area (Å²) in [5, 5.41) is 4.16. The van der Waals surface area contributed by atoms with Crippen molar-refractivity contribution in [1.29, 1.82) is 0 Å². The fourth-order valence-corrected chi connectivity index (χ4v) is 3.49. The lowest BCUT2D eigenvalue weighted by molar-refractivity contribution is -0.134. The van der Waals surface area contributed by atoms with Crippen molar-refractivity contribution in [3.8, 4) is 0 Å². The molecule has 128 valence electrons. The highest BCUT2D eigenvalue weighted by Gasteiger charge is 2.28. The van der Waals surface area contributed by atoms with E-state index < -0.39 is 0 Å². The van der Waals surface area contributed by atoms with Crippen LogP contribution in [0.25, 0.3) is 10.9 Å². The Kier molecular flexibility index (Phi) is 4.60. The quantitative estimate of drug-likeness (QED) is 0.910. The van der Waals surface area contributed by atoms with Crippen LogP contribution in [0.4, 0.5) is 0 Å². The minimum atomic E-state index is -0.0637. The molecule has 2 aromatic rings. The average Bonchev–Trinajstić information content (AvgIpc) is 2.98. The van der Waals surface area contributed by atoms with Crippen molar-refractivity contribution in [2.45, 2.75) is 38.6 Å². The van der Waals surface area contributed by atoms with Crippen molar-refractivity contribution in [2.75, 3.05) is 14.1 Å². The van der Waals surface area contributed by atoms with Crippen LogP contribution >= 0.6 is 0 Å². The van der Waals surface area contributed by atoms with Gasteiger partial charge in [0.15, 0.2) is 0 Å². The molecule has 1 saturated carbocycles. The van der Waals surface area contributed by atoms with Crippen LogP contribution in [-0.4, -0.2) is 41.8 Å². The van der Waals surface area contributed by atoms with Gasteiger partial charge in [-0.1, -0.05) is 11.6 Å². The third-order valence-corrected chi connectivity index (χ3v) is 4.87. The molecule has 1 aromatic heterocycles. The number of amides is 2. The summed E-state index contributed by atoms with van der Waals surface area (Å²) < 4.78 is 0. The normalized spacial score (nSPS) is 20.8. The van der Waals surface area contributed by atoms with E-state index in [9.17, 15) is 9.59 Å². The SMILES string of the molecule is Cc1ccc2[nH]c(C(=O)N[C@H]3CC[C@H](C(=O)N(C)C)CC3)cc2c1. The Balaban J connectivity index is 1.60. The number of carbonyl (C=O) groups excluding carboxylic acids is 2. The number of H-pyrrole nitrogens is 1. The standard InChI is InChI=1S/C19H25N3O2/c1-12-4-9-16-14(10-12)11-17(21-16)18(23)20-15-7-5-13(6-8-15)19(24)22(2)3/h4,9-11,13,15,21H,5-8H2,1-3H3,(H,20,23)/t13-,15-. The molecule has 2 amide bonds. The van der Waals surface area contributed by atoms with E-state index in [1.807, 2.05) is 25.1 Å². The molecular weight excluding hydrogens is 302 g/mol. The molecule has 0 saturated heterocycles. The Bertz CT molecular complexity index is 755. The minimum Gasteiger partial charge on any atom is -0.351 e. The minimum absolute atomic E-state index is 0.0637. The maximum atomic E-state index is 12.5. The average molecular weight is 327 g/mol. The van der Waals surface area contributed by atoms with Crippen LogP contribution in [0.2, 0.25) is 0 Å². The van der Waals surface area contributed by atoms with Crippen LogP contribution in [-0.2, 0) is 4.79 Å². The lowest BCUT2D eigenvalue weighted by atomic mass is 9.85. The first kappa shape index (κ1) is 16.6. The number of aromatic amines is 1. The van der Waals surface area contributed by atoms with Crippen molar-refractivity contribution in [3.63, 3.8) is 0 Å². The number of carbonyl (C=O) groups is 2. The van der Waals surface area contributed by atoms with Crippen molar-refractivity contribution in [3.05, 3.63) is 35.5 Å². The first-order valence-electron chi connectivity index (χ1n) is 8.55. The van der Waals surface area contributed by atoms with Gasteiger partial charge in [0.25, 0.3) is 5.91 Å². The monoisotopic (exact) mass is 327 g/mol. The molecule has 0 bridgehead atoms. The van der Waals surface area contributed by atoms with Crippen LogP contribution in [0.3, 0.4) is 0 Å². The maximum absolute atomic E-state index is 12.5. The molecule has 2 N–H and O–H groups in total. The van der Waals surface area contributed by atoms with Gasteiger partial charge >= 0.3 is 0 Å². The molecule has 1 aromatic carbocycles. The Morgan fingerprint density at radius 1 is 1.12 bits per heavy atom. The number of hydrogen-bond donors (Lipinski definition) is 2. The maximum Gasteiger partial charge on any atom is 0.267 e. The predicted molar refractivity (Wildman–Crippen MR) is 94.9 cm³/mol. The van der Waals surface area contributed by atoms with Crippen molar-refractivity contribution >= 4 is 22.7 Å². The highest BCUT2D eigenvalue weighted by Crippen LogP contribution is 2.26. The number of benzene rings is 1. The van der Waals surface area contributed by atoms with Gasteiger partial charge in [0, 0.05) is 37.0 Å². The van der Waals surface area contributed by atoms with Gasteiger partial charge in [0.2, 0.25) is 5.91 Å². The number of nitrogens with zero attached hydrogens (tertiary/aromatic N) is 1. The predicted octanol–water partition coefficient (Wildman–Crippen LogP) is 2.85. The van der Waals surface area contributed by atoms with Crippen molar-refractivity contribution < 1.29 is 9.59 Å². The molecule has 1 aliphatic carbocycles. The second kappa shape index (κ2) is 6.67. The van der Waals surface area contributed by atoms with Crippen LogP contribution in [0.1, 0.15) is 41.7 Å². The van der Waals surface area contributed by atoms with E-state index in [2.05, 4.69) is 16.4 Å². The molecule has 0 radical (unpaired) electrons. The molecular formula is C19H25N3O2. The summed E-state index contributed by atoms with van der Waals surface area (Å²) in [5.74, 6) is 0.237. The van der Waals surface area contributed by atoms with Crippen molar-refractivity contribution in [1.82, 2.24) is 15.2 Å². The number of fused-ring (bicyclic) bond motifs is 1. The van der Waals surface area contributed by atoms with Gasteiger partial charge in [-0.25, -0.2) is 0 Å². The van der Waals surface area contributed by atoms with E-state index in [1.165, 1.54) is 5.56 Å². The van der Waals surface area contributed by atoms with Gasteiger partial charge in [-0.05, 0) is 50.8 Å². The van der Waals surface area contributed by atoms with E-state index in [0.717, 1.165) is 36.6 Å². The number of aryl methyl sites for hydroxylation is 1. The third kappa shape index (κ3) is 3.45. The zero-order valence-electron chi connectivity index (χ0n) is 14.6. The molecule has 1 heterocycles. The van der Waals surface area contributed by atoms with Crippen LogP contribution in [0.15, 0.2) is 24.3 Å². The summed E-state index contributed by atoms with van der Waals surface area (Å²) in [5.41, 5.74) is 2.76. The fourth-order valence-electron chi connectivity index (χ4n) is 3.49. The van der Waals surface area contributed by atoms with Gasteiger partial charge in [0.1, 0.15) is 5.69 Å². The van der Waals surface area contributed by atoms with Crippen LogP contribution in [0.5, 0.6) is 0 Å². The molecule has 0 aliphatic heterocycles. The Hall–Kier alpha value is -2.30. The van der Waals surface area contributed by atoms with Gasteiger partial charge in [-0.3, -0.25) is 9.59 Å². The summed E-state index contributed by atoms with van der Waals surface area (Å²) in [6.45, 7) is 2.04. The lowest BCUT2D eigenvalue weighted by Crippen LogP contribution is -2.40. The second-order valence-corrected chi connectivity index (χ2v) is 7.03. The molecule has 24 heavy (non-hydrogen) atoms. The number of rotatable bonds is 3. The number of hydrogen-bond acceptors (Lipinski definition) is 2. The Morgan fingerprint density at radius 2 is 1.83 bits per heavy atom. The van der Waals surface area contributed by atoms with E-state index in [1.54, 1.807) is 19.0 Å². The Labute approximate surface area is 142 Å². The van der Waals surface area contributed by atoms with E-state index >= 15 is 0 Å². The van der Waals surface area contributed by atoms with E-state index in [0.29, 0.717) is 5.69 Å². The molecule has 5 heteroatoms. The topological polar surface area (TPSA) is 65.2 Å². The number of aromatic nitrogens is 1. The lowest BCUT2D eigenvalue weighted by Gasteiger charge is -2.29. The zero-order chi connectivity index (χ0) is 17.3. The third-order valence-electron chi connectivity index (χ3n) is 4.87. The molecule has 3 rings (SSSR count). The van der Waals surface area contributed by atoms with Gasteiger partial charge in [0.05, 0.1) is 0 Å². The summed E-state index contributed by atoms with van der Waals surface area (Å²) in [7, 11) is 3.60. The summed E-state index contributed by atoms with van der Waals surface area (Å²) in [6.07, 6.45) is 3.40. The number of nitrogens with one attached hydrogen (secondary N) is 2. The first-order chi connectivity index (χ1) is 11.4. The molecule has 5 nitrogen and oxygen atoms in total. The molecule has 0 atom stereocenters. The van der Waals surface area contributed by atoms with Gasteiger partial charge in [-0.15, -0.1) is 0 Å². The van der Waals surface area contributed by atoms with Crippen LogP contribution < -0.4 is 5.32 Å². The highest BCUT2D eigenvalue weighted by atomic mass is 16.2. The fraction of sp³-hybridized carbons (Fsp3) is 0.474. The van der Waals surface area contributed by atoms with Gasteiger partial charge < -0.3 is 15.2 Å². The molecule has 1 fully saturated rings. The summed E-state index contributed by atoms with van der Waals surface area (Å²) in [6, 6.07) is 8.15. The summed E-state index contributed by atoms with van der Waals surface area (Å²) in [4.78, 5) is 29.3. The first-order valence-corrected chi connectivity index (χ1v) is 8.55. The molecule has 0 spiro atoms. The van der Waals surface area contributed by atoms with E-state index in [-0.39, 0.29) is 23.8 Å². The molecule has 0 unspecified atom stereocenters. The smallest absolute Gasteiger partial charge is 0.267 e. The largest absolute Gasteiger partial charge is 0.351 e. The van der Waals surface area contributed by atoms with Crippen molar-refractivity contribution in [2.24, 2.45) is 5.92 Å². The van der Waals surface area contributed by atoms with Gasteiger partial charge in [-0.2, -0.15) is 0 Å². The highest BCUT2D eigenvalue weighted by molar-refractivity contribution is 5.98. The zero-order valence-corrected chi connectivity index (χ0v) is 14.6. The second-order valence-electron chi connectivity index (χ2n) is 7.03. The molecule has 1 aliphatic rings. The Morgan fingerprint density at radius 3 is 2.50 bits per heavy atom.